The summed E-state index contributed by atoms with van der Waals surface area (Å²) in [5.74, 6) is 0.196. The molecule has 0 radical (unpaired) electrons. The first-order valence-electron chi connectivity index (χ1n) is 6.64. The zero-order valence-corrected chi connectivity index (χ0v) is 10.9. The lowest BCUT2D eigenvalue weighted by molar-refractivity contribution is 0.0354. The minimum atomic E-state index is -0.790. The molecule has 1 aliphatic carbocycles. The molecule has 1 heterocycles. The number of H-pyrrole nitrogens is 1. The third-order valence-corrected chi connectivity index (χ3v) is 3.90. The molecular weight excluding hydrogens is 240 g/mol. The highest BCUT2D eigenvalue weighted by Crippen LogP contribution is 2.39. The molecule has 1 aromatic heterocycles. The number of aromatic amines is 1. The first-order chi connectivity index (χ1) is 9.08. The maximum Gasteiger partial charge on any atom is 0.252 e. The van der Waals surface area contributed by atoms with E-state index in [0.717, 1.165) is 23.7 Å². The van der Waals surface area contributed by atoms with E-state index < -0.39 is 5.60 Å². The fourth-order valence-corrected chi connectivity index (χ4v) is 2.49. The van der Waals surface area contributed by atoms with Gasteiger partial charge in [-0.05, 0) is 43.9 Å². The van der Waals surface area contributed by atoms with Crippen molar-refractivity contribution in [2.75, 3.05) is 6.54 Å². The molecule has 0 aliphatic heterocycles. The molecule has 1 aliphatic rings. The highest BCUT2D eigenvalue weighted by Gasteiger charge is 2.39. The molecule has 1 fully saturated rings. The summed E-state index contributed by atoms with van der Waals surface area (Å²) in [5, 5.41) is 14.0. The lowest BCUT2D eigenvalue weighted by Crippen LogP contribution is -2.42. The number of rotatable bonds is 4. The maximum atomic E-state index is 12.2. The second-order valence-electron chi connectivity index (χ2n) is 5.56. The van der Waals surface area contributed by atoms with Gasteiger partial charge in [0.15, 0.2) is 0 Å². The molecule has 100 valence electrons. The van der Waals surface area contributed by atoms with E-state index in [0.29, 0.717) is 18.0 Å². The molecule has 0 bridgehead atoms. The number of carbonyl (C=O) groups excluding carboxylic acids is 1. The van der Waals surface area contributed by atoms with Gasteiger partial charge in [-0.25, -0.2) is 0 Å². The summed E-state index contributed by atoms with van der Waals surface area (Å²) < 4.78 is 0. The van der Waals surface area contributed by atoms with Crippen LogP contribution in [0.3, 0.4) is 0 Å². The number of amides is 1. The molecule has 4 nitrogen and oxygen atoms in total. The number of carbonyl (C=O) groups is 1. The molecular formula is C15H18N2O2. The summed E-state index contributed by atoms with van der Waals surface area (Å²) in [6, 6.07) is 7.49. The monoisotopic (exact) mass is 258 g/mol. The summed E-state index contributed by atoms with van der Waals surface area (Å²) in [4.78, 5) is 15.3. The van der Waals surface area contributed by atoms with Crippen LogP contribution in [-0.4, -0.2) is 28.1 Å². The van der Waals surface area contributed by atoms with Crippen molar-refractivity contribution in [1.82, 2.24) is 10.3 Å². The molecule has 3 N–H and O–H groups in total. The molecule has 4 heteroatoms. The zero-order valence-electron chi connectivity index (χ0n) is 10.9. The Morgan fingerprint density at radius 3 is 3.00 bits per heavy atom. The van der Waals surface area contributed by atoms with Gasteiger partial charge in [-0.2, -0.15) is 0 Å². The van der Waals surface area contributed by atoms with Crippen molar-refractivity contribution in [3.8, 4) is 0 Å². The second-order valence-corrected chi connectivity index (χ2v) is 5.56. The Bertz CT molecular complexity index is 611. The van der Waals surface area contributed by atoms with Gasteiger partial charge >= 0.3 is 0 Å². The van der Waals surface area contributed by atoms with Crippen LogP contribution in [0.1, 0.15) is 30.1 Å². The van der Waals surface area contributed by atoms with Crippen LogP contribution < -0.4 is 5.32 Å². The predicted molar refractivity (Wildman–Crippen MR) is 74.0 cm³/mol. The standard InChI is InChI=1S/C15H18N2O2/c1-15(19,10-5-6-10)9-17-14(18)12-3-2-4-13-11(12)7-8-16-13/h2-4,7-8,10,16,19H,5-6,9H2,1H3,(H,17,18)/t15-/m1/s1. The number of aliphatic hydroxyl groups is 1. The first-order valence-corrected chi connectivity index (χ1v) is 6.64. The van der Waals surface area contributed by atoms with Crippen molar-refractivity contribution in [3.05, 3.63) is 36.0 Å². The Balaban J connectivity index is 1.75. The number of hydrogen-bond acceptors (Lipinski definition) is 2. The van der Waals surface area contributed by atoms with E-state index in [4.69, 9.17) is 0 Å². The average molecular weight is 258 g/mol. The molecule has 0 unspecified atom stereocenters. The van der Waals surface area contributed by atoms with Crippen molar-refractivity contribution >= 4 is 16.8 Å². The van der Waals surface area contributed by atoms with Crippen LogP contribution in [0.25, 0.3) is 10.9 Å². The third-order valence-electron chi connectivity index (χ3n) is 3.90. The molecule has 3 rings (SSSR count). The number of fused-ring (bicyclic) bond motifs is 1. The summed E-state index contributed by atoms with van der Waals surface area (Å²) in [5.41, 5.74) is 0.800. The van der Waals surface area contributed by atoms with E-state index in [9.17, 15) is 9.90 Å². The largest absolute Gasteiger partial charge is 0.388 e. The molecule has 19 heavy (non-hydrogen) atoms. The van der Waals surface area contributed by atoms with Gasteiger partial charge in [0.25, 0.3) is 5.91 Å². The fourth-order valence-electron chi connectivity index (χ4n) is 2.49. The molecule has 0 saturated heterocycles. The van der Waals surface area contributed by atoms with Gasteiger partial charge in [0.05, 0.1) is 5.60 Å². The topological polar surface area (TPSA) is 65.1 Å². The normalized spacial score (nSPS) is 18.2. The van der Waals surface area contributed by atoms with Crippen LogP contribution in [0.15, 0.2) is 30.5 Å². The molecule has 2 aromatic rings. The quantitative estimate of drug-likeness (QED) is 0.786. The number of nitrogens with one attached hydrogen (secondary N) is 2. The molecule has 1 atom stereocenters. The Labute approximate surface area is 111 Å². The summed E-state index contributed by atoms with van der Waals surface area (Å²) in [6.45, 7) is 2.10. The van der Waals surface area contributed by atoms with Gasteiger partial charge in [0, 0.05) is 29.2 Å². The Kier molecular flexibility index (Phi) is 2.82. The van der Waals surface area contributed by atoms with Gasteiger partial charge < -0.3 is 15.4 Å². The number of benzene rings is 1. The van der Waals surface area contributed by atoms with E-state index in [-0.39, 0.29) is 5.91 Å². The Hall–Kier alpha value is -1.81. The SMILES string of the molecule is C[C@@](O)(CNC(=O)c1cccc2[nH]ccc12)C1CC1. The molecule has 0 spiro atoms. The van der Waals surface area contributed by atoms with Gasteiger partial charge in [-0.15, -0.1) is 0 Å². The van der Waals surface area contributed by atoms with Crippen LogP contribution >= 0.6 is 0 Å². The predicted octanol–water partition coefficient (Wildman–Crippen LogP) is 2.06. The van der Waals surface area contributed by atoms with Crippen LogP contribution in [-0.2, 0) is 0 Å². The van der Waals surface area contributed by atoms with Crippen molar-refractivity contribution < 1.29 is 9.90 Å². The number of aromatic nitrogens is 1. The van der Waals surface area contributed by atoms with Gasteiger partial charge in [-0.1, -0.05) is 6.07 Å². The van der Waals surface area contributed by atoms with Crippen molar-refractivity contribution in [3.63, 3.8) is 0 Å². The zero-order chi connectivity index (χ0) is 13.5. The first kappa shape index (κ1) is 12.2. The molecule has 1 aromatic carbocycles. The lowest BCUT2D eigenvalue weighted by Gasteiger charge is -2.23. The van der Waals surface area contributed by atoms with E-state index >= 15 is 0 Å². The maximum absolute atomic E-state index is 12.2. The van der Waals surface area contributed by atoms with Crippen LogP contribution in [0.4, 0.5) is 0 Å². The van der Waals surface area contributed by atoms with Crippen molar-refractivity contribution in [2.24, 2.45) is 5.92 Å². The Morgan fingerprint density at radius 2 is 2.26 bits per heavy atom. The fraction of sp³-hybridized carbons (Fsp3) is 0.400. The van der Waals surface area contributed by atoms with E-state index in [1.54, 1.807) is 13.0 Å². The molecule has 1 amide bonds. The van der Waals surface area contributed by atoms with E-state index in [2.05, 4.69) is 10.3 Å². The summed E-state index contributed by atoms with van der Waals surface area (Å²) in [6.07, 6.45) is 3.92. The minimum Gasteiger partial charge on any atom is -0.388 e. The van der Waals surface area contributed by atoms with E-state index in [1.807, 2.05) is 24.4 Å². The van der Waals surface area contributed by atoms with Crippen LogP contribution in [0.5, 0.6) is 0 Å². The smallest absolute Gasteiger partial charge is 0.252 e. The number of hydrogen-bond donors (Lipinski definition) is 3. The highest BCUT2D eigenvalue weighted by molar-refractivity contribution is 6.06. The van der Waals surface area contributed by atoms with Crippen LogP contribution in [0.2, 0.25) is 0 Å². The second kappa shape index (κ2) is 4.38. The van der Waals surface area contributed by atoms with Crippen LogP contribution in [0, 0.1) is 5.92 Å². The summed E-state index contributed by atoms with van der Waals surface area (Å²) >= 11 is 0. The van der Waals surface area contributed by atoms with E-state index in [1.165, 1.54) is 0 Å². The van der Waals surface area contributed by atoms with Crippen molar-refractivity contribution in [1.29, 1.82) is 0 Å². The average Bonchev–Trinajstić information content (AvgIpc) is 3.15. The molecule has 1 saturated carbocycles. The van der Waals surface area contributed by atoms with Gasteiger partial charge in [0.1, 0.15) is 0 Å². The lowest BCUT2D eigenvalue weighted by atomic mass is 10.0. The Morgan fingerprint density at radius 1 is 1.47 bits per heavy atom. The van der Waals surface area contributed by atoms with Gasteiger partial charge in [0.2, 0.25) is 0 Å². The van der Waals surface area contributed by atoms with Gasteiger partial charge in [-0.3, -0.25) is 4.79 Å². The minimum absolute atomic E-state index is 0.133. The van der Waals surface area contributed by atoms with Crippen molar-refractivity contribution in [2.45, 2.75) is 25.4 Å². The summed E-state index contributed by atoms with van der Waals surface area (Å²) in [7, 11) is 0. The third kappa shape index (κ3) is 2.36. The highest BCUT2D eigenvalue weighted by atomic mass is 16.3.